The van der Waals surface area contributed by atoms with Crippen LogP contribution in [0.15, 0.2) is 54.6 Å². The highest BCUT2D eigenvalue weighted by Gasteiger charge is 2.17. The van der Waals surface area contributed by atoms with Crippen molar-refractivity contribution in [2.75, 3.05) is 13.1 Å². The molecule has 1 aliphatic heterocycles. The van der Waals surface area contributed by atoms with E-state index in [1.165, 1.54) is 29.5 Å². The minimum Gasteiger partial charge on any atom is -0.343 e. The first kappa shape index (κ1) is 14.8. The molecule has 0 aliphatic carbocycles. The summed E-state index contributed by atoms with van der Waals surface area (Å²) in [6.45, 7) is 1.92. The lowest BCUT2D eigenvalue weighted by Crippen LogP contribution is -2.27. The zero-order valence-electron chi connectivity index (χ0n) is 13.0. The maximum atomic E-state index is 12.1. The lowest BCUT2D eigenvalue weighted by molar-refractivity contribution is -0.130. The van der Waals surface area contributed by atoms with Crippen molar-refractivity contribution in [3.05, 3.63) is 60.2 Å². The molecule has 0 unspecified atom stereocenters. The van der Waals surface area contributed by atoms with Crippen LogP contribution in [0.25, 0.3) is 11.1 Å². The van der Waals surface area contributed by atoms with Crippen molar-refractivity contribution in [3.8, 4) is 11.1 Å². The lowest BCUT2D eigenvalue weighted by atomic mass is 9.96. The molecule has 1 amide bonds. The first-order valence-electron chi connectivity index (χ1n) is 8.26. The Morgan fingerprint density at radius 1 is 0.909 bits per heavy atom. The van der Waals surface area contributed by atoms with E-state index in [1.807, 2.05) is 11.0 Å². The molecular formula is C20H23NO. The molecule has 0 aromatic heterocycles. The molecule has 1 fully saturated rings. The van der Waals surface area contributed by atoms with Gasteiger partial charge in [0.15, 0.2) is 0 Å². The molecule has 0 spiro atoms. The van der Waals surface area contributed by atoms with Gasteiger partial charge < -0.3 is 4.90 Å². The summed E-state index contributed by atoms with van der Waals surface area (Å²) in [6, 6.07) is 19.0. The van der Waals surface area contributed by atoms with E-state index in [0.717, 1.165) is 25.9 Å². The molecule has 0 N–H and O–H groups in total. The molecule has 22 heavy (non-hydrogen) atoms. The summed E-state index contributed by atoms with van der Waals surface area (Å²) in [7, 11) is 0. The van der Waals surface area contributed by atoms with Gasteiger partial charge in [-0.2, -0.15) is 0 Å². The fourth-order valence-electron chi connectivity index (χ4n) is 3.19. The van der Waals surface area contributed by atoms with Gasteiger partial charge in [0.25, 0.3) is 0 Å². The first-order chi connectivity index (χ1) is 10.8. The predicted molar refractivity (Wildman–Crippen MR) is 90.6 cm³/mol. The maximum absolute atomic E-state index is 12.1. The molecule has 1 aliphatic rings. The number of aryl methyl sites for hydroxylation is 1. The molecule has 1 saturated heterocycles. The Balaban J connectivity index is 1.62. The van der Waals surface area contributed by atoms with Crippen LogP contribution in [0.5, 0.6) is 0 Å². The van der Waals surface area contributed by atoms with Gasteiger partial charge in [0.1, 0.15) is 0 Å². The number of rotatable bonds is 5. The van der Waals surface area contributed by atoms with E-state index in [1.54, 1.807) is 0 Å². The van der Waals surface area contributed by atoms with Gasteiger partial charge >= 0.3 is 0 Å². The third kappa shape index (κ3) is 3.56. The third-order valence-electron chi connectivity index (χ3n) is 4.40. The number of hydrogen-bond donors (Lipinski definition) is 0. The zero-order valence-corrected chi connectivity index (χ0v) is 13.0. The minimum atomic E-state index is 0.328. The van der Waals surface area contributed by atoms with Crippen LogP contribution in [-0.2, 0) is 11.2 Å². The molecule has 2 nitrogen and oxygen atoms in total. The average molecular weight is 293 g/mol. The van der Waals surface area contributed by atoms with Gasteiger partial charge in [0.2, 0.25) is 5.91 Å². The Morgan fingerprint density at radius 3 is 2.36 bits per heavy atom. The van der Waals surface area contributed by atoms with Crippen molar-refractivity contribution in [1.82, 2.24) is 4.90 Å². The second-order valence-corrected chi connectivity index (χ2v) is 5.96. The fourth-order valence-corrected chi connectivity index (χ4v) is 3.19. The standard InChI is InChI=1S/C20H23NO/c22-20(21-15-6-7-16-21)14-8-12-18-11-4-5-13-19(18)17-9-2-1-3-10-17/h1-5,9-11,13H,6-8,12,14-16H2. The van der Waals surface area contributed by atoms with Crippen molar-refractivity contribution >= 4 is 5.91 Å². The Hall–Kier alpha value is -2.09. The highest BCUT2D eigenvalue weighted by atomic mass is 16.2. The van der Waals surface area contributed by atoms with Gasteiger partial charge in [-0.1, -0.05) is 54.6 Å². The fraction of sp³-hybridized carbons (Fsp3) is 0.350. The highest BCUT2D eigenvalue weighted by Crippen LogP contribution is 2.24. The van der Waals surface area contributed by atoms with Gasteiger partial charge in [-0.3, -0.25) is 4.79 Å². The normalized spacial score (nSPS) is 14.3. The van der Waals surface area contributed by atoms with Crippen LogP contribution >= 0.6 is 0 Å². The van der Waals surface area contributed by atoms with Crippen LogP contribution in [0.2, 0.25) is 0 Å². The summed E-state index contributed by atoms with van der Waals surface area (Å²) in [5.74, 6) is 0.328. The van der Waals surface area contributed by atoms with Gasteiger partial charge in [0.05, 0.1) is 0 Å². The Bertz CT molecular complexity index is 615. The van der Waals surface area contributed by atoms with Crippen LogP contribution in [0.3, 0.4) is 0 Å². The van der Waals surface area contributed by atoms with Crippen molar-refractivity contribution in [2.45, 2.75) is 32.1 Å². The van der Waals surface area contributed by atoms with Crippen LogP contribution in [0, 0.1) is 0 Å². The minimum absolute atomic E-state index is 0.328. The summed E-state index contributed by atoms with van der Waals surface area (Å²) in [5, 5.41) is 0. The van der Waals surface area contributed by atoms with E-state index in [0.29, 0.717) is 12.3 Å². The Kier molecular flexibility index (Phi) is 4.89. The molecule has 2 aromatic rings. The summed E-state index contributed by atoms with van der Waals surface area (Å²) in [5.41, 5.74) is 3.88. The van der Waals surface area contributed by atoms with Crippen molar-refractivity contribution < 1.29 is 4.79 Å². The summed E-state index contributed by atoms with van der Waals surface area (Å²) in [6.07, 6.45) is 4.90. The molecule has 0 saturated carbocycles. The van der Waals surface area contributed by atoms with Gasteiger partial charge in [-0.25, -0.2) is 0 Å². The number of benzene rings is 2. The maximum Gasteiger partial charge on any atom is 0.222 e. The van der Waals surface area contributed by atoms with E-state index >= 15 is 0 Å². The van der Waals surface area contributed by atoms with E-state index < -0.39 is 0 Å². The number of carbonyl (C=O) groups excluding carboxylic acids is 1. The molecule has 0 radical (unpaired) electrons. The van der Waals surface area contributed by atoms with Crippen molar-refractivity contribution in [3.63, 3.8) is 0 Å². The van der Waals surface area contributed by atoms with Crippen LogP contribution < -0.4 is 0 Å². The van der Waals surface area contributed by atoms with Gasteiger partial charge in [-0.05, 0) is 42.4 Å². The molecule has 2 aromatic carbocycles. The Morgan fingerprint density at radius 2 is 1.59 bits per heavy atom. The molecule has 1 heterocycles. The summed E-state index contributed by atoms with van der Waals surface area (Å²) < 4.78 is 0. The predicted octanol–water partition coefficient (Wildman–Crippen LogP) is 4.30. The number of likely N-dealkylation sites (tertiary alicyclic amines) is 1. The van der Waals surface area contributed by atoms with Crippen LogP contribution in [0.1, 0.15) is 31.2 Å². The number of hydrogen-bond acceptors (Lipinski definition) is 1. The number of amides is 1. The number of nitrogens with zero attached hydrogens (tertiary/aromatic N) is 1. The lowest BCUT2D eigenvalue weighted by Gasteiger charge is -2.15. The van der Waals surface area contributed by atoms with Crippen LogP contribution in [0.4, 0.5) is 0 Å². The molecule has 2 heteroatoms. The van der Waals surface area contributed by atoms with E-state index in [9.17, 15) is 4.79 Å². The van der Waals surface area contributed by atoms with Gasteiger partial charge in [0, 0.05) is 19.5 Å². The van der Waals surface area contributed by atoms with E-state index in [4.69, 9.17) is 0 Å². The first-order valence-corrected chi connectivity index (χ1v) is 8.26. The monoisotopic (exact) mass is 293 g/mol. The molecule has 0 atom stereocenters. The second kappa shape index (κ2) is 7.26. The Labute approximate surface area is 132 Å². The van der Waals surface area contributed by atoms with E-state index in [2.05, 4.69) is 48.5 Å². The molecule has 0 bridgehead atoms. The molecule has 3 rings (SSSR count). The largest absolute Gasteiger partial charge is 0.343 e. The van der Waals surface area contributed by atoms with Gasteiger partial charge in [-0.15, -0.1) is 0 Å². The third-order valence-corrected chi connectivity index (χ3v) is 4.40. The SMILES string of the molecule is O=C(CCCc1ccccc1-c1ccccc1)N1CCCC1. The van der Waals surface area contributed by atoms with Crippen LogP contribution in [-0.4, -0.2) is 23.9 Å². The second-order valence-electron chi connectivity index (χ2n) is 5.96. The average Bonchev–Trinajstić information content (AvgIpc) is 3.11. The van der Waals surface area contributed by atoms with Crippen molar-refractivity contribution in [1.29, 1.82) is 0 Å². The van der Waals surface area contributed by atoms with Crippen molar-refractivity contribution in [2.24, 2.45) is 0 Å². The zero-order chi connectivity index (χ0) is 15.2. The summed E-state index contributed by atoms with van der Waals surface area (Å²) >= 11 is 0. The molecular weight excluding hydrogens is 270 g/mol. The topological polar surface area (TPSA) is 20.3 Å². The summed E-state index contributed by atoms with van der Waals surface area (Å²) in [4.78, 5) is 14.1. The number of carbonyl (C=O) groups is 1. The van der Waals surface area contributed by atoms with E-state index in [-0.39, 0.29) is 0 Å². The highest BCUT2D eigenvalue weighted by molar-refractivity contribution is 5.76. The quantitative estimate of drug-likeness (QED) is 0.805. The smallest absolute Gasteiger partial charge is 0.222 e. The molecule has 114 valence electrons.